The van der Waals surface area contributed by atoms with Gasteiger partial charge in [-0.25, -0.2) is 0 Å². The first kappa shape index (κ1) is 14.6. The van der Waals surface area contributed by atoms with Crippen molar-refractivity contribution < 1.29 is 14.7 Å². The standard InChI is InChI=1S/C17H20N2O3/c1-10-4-3-5-14-16(10)12(9-18-14)8-15(20)19-7-6-13(11(19)2)17(21)22/h3-5,9,11,13,18H,6-8H2,1-2H3,(H,21,22). The number of carboxylic acid groups (broad SMARTS) is 1. The minimum atomic E-state index is -0.814. The molecule has 2 unspecified atom stereocenters. The van der Waals surface area contributed by atoms with Crippen LogP contribution in [0.25, 0.3) is 10.9 Å². The summed E-state index contributed by atoms with van der Waals surface area (Å²) >= 11 is 0. The van der Waals surface area contributed by atoms with Gasteiger partial charge in [0.15, 0.2) is 0 Å². The smallest absolute Gasteiger partial charge is 0.308 e. The Morgan fingerprint density at radius 2 is 2.18 bits per heavy atom. The first-order valence-corrected chi connectivity index (χ1v) is 7.57. The van der Waals surface area contributed by atoms with Crippen LogP contribution >= 0.6 is 0 Å². The molecule has 1 aromatic carbocycles. The molecule has 1 aromatic heterocycles. The zero-order chi connectivity index (χ0) is 15.9. The lowest BCUT2D eigenvalue weighted by atomic mass is 10.0. The van der Waals surface area contributed by atoms with Gasteiger partial charge in [-0.1, -0.05) is 12.1 Å². The average Bonchev–Trinajstić information content (AvgIpc) is 3.04. The van der Waals surface area contributed by atoms with Gasteiger partial charge in [0.05, 0.1) is 12.3 Å². The van der Waals surface area contributed by atoms with E-state index in [2.05, 4.69) is 4.98 Å². The van der Waals surface area contributed by atoms with Gasteiger partial charge in [-0.15, -0.1) is 0 Å². The molecule has 1 aliphatic heterocycles. The van der Waals surface area contributed by atoms with Gasteiger partial charge in [0.2, 0.25) is 5.91 Å². The Labute approximate surface area is 128 Å². The highest BCUT2D eigenvalue weighted by Crippen LogP contribution is 2.27. The maximum atomic E-state index is 12.6. The molecule has 1 amide bonds. The molecule has 0 radical (unpaired) electrons. The quantitative estimate of drug-likeness (QED) is 0.913. The fourth-order valence-electron chi connectivity index (χ4n) is 3.48. The molecule has 2 atom stereocenters. The van der Waals surface area contributed by atoms with Crippen LogP contribution in [0.4, 0.5) is 0 Å². The van der Waals surface area contributed by atoms with E-state index in [1.807, 2.05) is 38.2 Å². The number of hydrogen-bond acceptors (Lipinski definition) is 2. The second kappa shape index (κ2) is 5.48. The van der Waals surface area contributed by atoms with E-state index in [9.17, 15) is 14.7 Å². The van der Waals surface area contributed by atoms with Gasteiger partial charge in [0.1, 0.15) is 0 Å². The summed E-state index contributed by atoms with van der Waals surface area (Å²) in [6.45, 7) is 4.38. The predicted octanol–water partition coefficient (Wildman–Crippen LogP) is 2.34. The first-order valence-electron chi connectivity index (χ1n) is 7.57. The molecule has 0 bridgehead atoms. The zero-order valence-corrected chi connectivity index (χ0v) is 12.8. The van der Waals surface area contributed by atoms with Crippen molar-refractivity contribution in [1.29, 1.82) is 0 Å². The van der Waals surface area contributed by atoms with E-state index in [4.69, 9.17) is 0 Å². The van der Waals surface area contributed by atoms with Crippen LogP contribution in [0, 0.1) is 12.8 Å². The molecule has 0 aliphatic carbocycles. The molecule has 0 spiro atoms. The molecule has 1 aliphatic rings. The summed E-state index contributed by atoms with van der Waals surface area (Å²) in [6, 6.07) is 5.77. The highest BCUT2D eigenvalue weighted by Gasteiger charge is 2.37. The Bertz CT molecular complexity index is 735. The van der Waals surface area contributed by atoms with E-state index in [-0.39, 0.29) is 11.9 Å². The average molecular weight is 300 g/mol. The minimum absolute atomic E-state index is 0.000373. The van der Waals surface area contributed by atoms with E-state index in [1.165, 1.54) is 0 Å². The Hall–Kier alpha value is -2.30. The summed E-state index contributed by atoms with van der Waals surface area (Å²) in [5.41, 5.74) is 3.14. The summed E-state index contributed by atoms with van der Waals surface area (Å²) in [7, 11) is 0. The van der Waals surface area contributed by atoms with Crippen molar-refractivity contribution >= 4 is 22.8 Å². The molecule has 3 rings (SSSR count). The van der Waals surface area contributed by atoms with Crippen LogP contribution in [0.15, 0.2) is 24.4 Å². The van der Waals surface area contributed by atoms with E-state index >= 15 is 0 Å². The molecule has 116 valence electrons. The third-order valence-electron chi connectivity index (χ3n) is 4.73. The van der Waals surface area contributed by atoms with Crippen molar-refractivity contribution in [3.05, 3.63) is 35.5 Å². The van der Waals surface area contributed by atoms with Crippen LogP contribution in [0.2, 0.25) is 0 Å². The van der Waals surface area contributed by atoms with Crippen molar-refractivity contribution in [2.75, 3.05) is 6.54 Å². The topological polar surface area (TPSA) is 73.4 Å². The van der Waals surface area contributed by atoms with E-state index in [0.717, 1.165) is 22.0 Å². The fourth-order valence-corrected chi connectivity index (χ4v) is 3.48. The lowest BCUT2D eigenvalue weighted by Gasteiger charge is -2.23. The number of nitrogens with zero attached hydrogens (tertiary/aromatic N) is 1. The number of nitrogens with one attached hydrogen (secondary N) is 1. The summed E-state index contributed by atoms with van der Waals surface area (Å²) in [5.74, 6) is -1.26. The fraction of sp³-hybridized carbons (Fsp3) is 0.412. The third kappa shape index (κ3) is 2.36. The predicted molar refractivity (Wildman–Crippen MR) is 83.7 cm³/mol. The number of carbonyl (C=O) groups is 2. The Morgan fingerprint density at radius 1 is 1.41 bits per heavy atom. The molecule has 2 N–H and O–H groups in total. The second-order valence-electron chi connectivity index (χ2n) is 6.05. The largest absolute Gasteiger partial charge is 0.481 e. The molecule has 5 nitrogen and oxygen atoms in total. The number of amides is 1. The van der Waals surface area contributed by atoms with Crippen molar-refractivity contribution in [3.63, 3.8) is 0 Å². The normalized spacial score (nSPS) is 21.5. The van der Waals surface area contributed by atoms with Crippen LogP contribution in [0.1, 0.15) is 24.5 Å². The molecule has 2 aromatic rings. The number of fused-ring (bicyclic) bond motifs is 1. The van der Waals surface area contributed by atoms with Gasteiger partial charge in [0, 0.05) is 29.7 Å². The van der Waals surface area contributed by atoms with Crippen LogP contribution in [-0.4, -0.2) is 39.5 Å². The maximum absolute atomic E-state index is 12.6. The molecule has 5 heteroatoms. The molecule has 0 saturated carbocycles. The van der Waals surface area contributed by atoms with E-state index < -0.39 is 11.9 Å². The van der Waals surface area contributed by atoms with Gasteiger partial charge in [0.25, 0.3) is 0 Å². The Balaban J connectivity index is 1.81. The van der Waals surface area contributed by atoms with Crippen molar-refractivity contribution in [3.8, 4) is 0 Å². The molecular formula is C17H20N2O3. The van der Waals surface area contributed by atoms with Crippen LogP contribution in [0.3, 0.4) is 0 Å². The number of rotatable bonds is 3. The number of carbonyl (C=O) groups excluding carboxylic acids is 1. The SMILES string of the molecule is Cc1cccc2[nH]cc(CC(=O)N3CCC(C(=O)O)C3C)c12. The lowest BCUT2D eigenvalue weighted by Crippen LogP contribution is -2.38. The zero-order valence-electron chi connectivity index (χ0n) is 12.8. The van der Waals surface area contributed by atoms with Crippen molar-refractivity contribution in [2.24, 2.45) is 5.92 Å². The summed E-state index contributed by atoms with van der Waals surface area (Å²) in [4.78, 5) is 28.6. The number of aromatic amines is 1. The minimum Gasteiger partial charge on any atom is -0.481 e. The number of aromatic nitrogens is 1. The maximum Gasteiger partial charge on any atom is 0.308 e. The monoisotopic (exact) mass is 300 g/mol. The van der Waals surface area contributed by atoms with Crippen LogP contribution in [-0.2, 0) is 16.0 Å². The van der Waals surface area contributed by atoms with Gasteiger partial charge in [-0.3, -0.25) is 9.59 Å². The lowest BCUT2D eigenvalue weighted by molar-refractivity contribution is -0.143. The summed E-state index contributed by atoms with van der Waals surface area (Å²) in [5, 5.41) is 10.3. The summed E-state index contributed by atoms with van der Waals surface area (Å²) < 4.78 is 0. The van der Waals surface area contributed by atoms with Crippen LogP contribution < -0.4 is 0 Å². The van der Waals surface area contributed by atoms with Crippen molar-refractivity contribution in [1.82, 2.24) is 9.88 Å². The molecule has 1 saturated heterocycles. The highest BCUT2D eigenvalue weighted by molar-refractivity contribution is 5.91. The Kier molecular flexibility index (Phi) is 3.64. The number of hydrogen-bond donors (Lipinski definition) is 2. The molecular weight excluding hydrogens is 280 g/mol. The third-order valence-corrected chi connectivity index (χ3v) is 4.73. The number of aryl methyl sites for hydroxylation is 1. The van der Waals surface area contributed by atoms with Gasteiger partial charge >= 0.3 is 5.97 Å². The number of H-pyrrole nitrogens is 1. The van der Waals surface area contributed by atoms with E-state index in [0.29, 0.717) is 19.4 Å². The van der Waals surface area contributed by atoms with Gasteiger partial charge < -0.3 is 15.0 Å². The number of benzene rings is 1. The molecule has 1 fully saturated rings. The number of aliphatic carboxylic acids is 1. The van der Waals surface area contributed by atoms with E-state index in [1.54, 1.807) is 4.90 Å². The first-order chi connectivity index (χ1) is 10.5. The number of carboxylic acids is 1. The molecule has 2 heterocycles. The second-order valence-corrected chi connectivity index (χ2v) is 6.05. The van der Waals surface area contributed by atoms with Crippen molar-refractivity contribution in [2.45, 2.75) is 32.7 Å². The molecule has 22 heavy (non-hydrogen) atoms. The van der Waals surface area contributed by atoms with Gasteiger partial charge in [-0.05, 0) is 37.5 Å². The van der Waals surface area contributed by atoms with Gasteiger partial charge in [-0.2, -0.15) is 0 Å². The van der Waals surface area contributed by atoms with Crippen LogP contribution in [0.5, 0.6) is 0 Å². The highest BCUT2D eigenvalue weighted by atomic mass is 16.4. The number of likely N-dealkylation sites (tertiary alicyclic amines) is 1. The Morgan fingerprint density at radius 3 is 2.86 bits per heavy atom. The summed E-state index contributed by atoms with van der Waals surface area (Å²) in [6.07, 6.45) is 2.72.